The highest BCUT2D eigenvalue weighted by Crippen LogP contribution is 2.37. The van der Waals surface area contributed by atoms with Crippen molar-refractivity contribution in [2.75, 3.05) is 5.75 Å². The molecular formula is C13H16ClFOS. The molecule has 94 valence electrons. The Morgan fingerprint density at radius 3 is 3.06 bits per heavy atom. The minimum Gasteiger partial charge on any atom is -0.388 e. The molecule has 1 fully saturated rings. The van der Waals surface area contributed by atoms with Crippen LogP contribution in [0.2, 0.25) is 5.02 Å². The van der Waals surface area contributed by atoms with Crippen LogP contribution < -0.4 is 0 Å². The lowest BCUT2D eigenvalue weighted by molar-refractivity contribution is 0.0290. The highest BCUT2D eigenvalue weighted by molar-refractivity contribution is 8.00. The van der Waals surface area contributed by atoms with E-state index < -0.39 is 11.4 Å². The Bertz CT molecular complexity index is 412. The number of hydrogen-bond donors (Lipinski definition) is 1. The average molecular weight is 275 g/mol. The number of rotatable bonds is 2. The highest BCUT2D eigenvalue weighted by Gasteiger charge is 2.37. The van der Waals surface area contributed by atoms with E-state index in [1.54, 1.807) is 23.9 Å². The first-order valence-corrected chi connectivity index (χ1v) is 7.22. The van der Waals surface area contributed by atoms with Gasteiger partial charge in [-0.3, -0.25) is 0 Å². The first-order valence-electron chi connectivity index (χ1n) is 5.80. The zero-order chi connectivity index (χ0) is 12.5. The van der Waals surface area contributed by atoms with Crippen molar-refractivity contribution in [1.29, 1.82) is 0 Å². The maximum absolute atomic E-state index is 13.8. The summed E-state index contributed by atoms with van der Waals surface area (Å²) in [4.78, 5) is 0. The lowest BCUT2D eigenvalue weighted by Crippen LogP contribution is -2.43. The van der Waals surface area contributed by atoms with Gasteiger partial charge in [0.2, 0.25) is 0 Å². The van der Waals surface area contributed by atoms with Crippen molar-refractivity contribution in [1.82, 2.24) is 0 Å². The van der Waals surface area contributed by atoms with Gasteiger partial charge in [0, 0.05) is 11.7 Å². The lowest BCUT2D eigenvalue weighted by Gasteiger charge is -2.37. The topological polar surface area (TPSA) is 20.2 Å². The van der Waals surface area contributed by atoms with E-state index in [4.69, 9.17) is 11.6 Å². The smallest absolute Gasteiger partial charge is 0.145 e. The number of halogens is 2. The molecule has 4 heteroatoms. The molecule has 2 rings (SSSR count). The summed E-state index contributed by atoms with van der Waals surface area (Å²) in [6, 6.07) is 4.96. The third-order valence-corrected chi connectivity index (χ3v) is 5.16. The molecule has 17 heavy (non-hydrogen) atoms. The summed E-state index contributed by atoms with van der Waals surface area (Å²) in [5.41, 5.74) is -0.302. The van der Waals surface area contributed by atoms with Gasteiger partial charge in [0.25, 0.3) is 0 Å². The van der Waals surface area contributed by atoms with Crippen LogP contribution in [0.4, 0.5) is 4.39 Å². The van der Waals surface area contributed by atoms with Gasteiger partial charge in [0.1, 0.15) is 5.82 Å². The molecule has 0 saturated carbocycles. The quantitative estimate of drug-likeness (QED) is 0.888. The summed E-state index contributed by atoms with van der Waals surface area (Å²) in [5, 5.41) is 10.8. The van der Waals surface area contributed by atoms with Gasteiger partial charge in [0.15, 0.2) is 0 Å². The number of thioether (sulfide) groups is 1. The second-order valence-corrected chi connectivity index (χ2v) is 6.47. The molecule has 1 aliphatic rings. The van der Waals surface area contributed by atoms with Gasteiger partial charge >= 0.3 is 0 Å². The SMILES string of the molecule is CC1SCCCC1(O)Cc1cccc(Cl)c1F. The van der Waals surface area contributed by atoms with Crippen LogP contribution in [0.15, 0.2) is 18.2 Å². The molecule has 1 aromatic carbocycles. The normalized spacial score (nSPS) is 29.3. The molecule has 2 atom stereocenters. The molecule has 1 saturated heterocycles. The van der Waals surface area contributed by atoms with Crippen molar-refractivity contribution >= 4 is 23.4 Å². The van der Waals surface area contributed by atoms with Crippen LogP contribution in [0.3, 0.4) is 0 Å². The summed E-state index contributed by atoms with van der Waals surface area (Å²) in [5.74, 6) is 0.673. The molecule has 1 N–H and O–H groups in total. The Labute approximate surface area is 110 Å². The van der Waals surface area contributed by atoms with E-state index in [0.717, 1.165) is 18.6 Å². The van der Waals surface area contributed by atoms with Crippen molar-refractivity contribution in [3.05, 3.63) is 34.6 Å². The molecule has 0 aromatic heterocycles. The van der Waals surface area contributed by atoms with Gasteiger partial charge < -0.3 is 5.11 Å². The van der Waals surface area contributed by atoms with Crippen molar-refractivity contribution in [3.63, 3.8) is 0 Å². The van der Waals surface area contributed by atoms with E-state index in [-0.39, 0.29) is 10.3 Å². The molecule has 0 aliphatic carbocycles. The summed E-state index contributed by atoms with van der Waals surface area (Å²) >= 11 is 7.50. The zero-order valence-electron chi connectivity index (χ0n) is 9.75. The maximum Gasteiger partial charge on any atom is 0.145 e. The maximum atomic E-state index is 13.8. The van der Waals surface area contributed by atoms with Crippen LogP contribution in [0.25, 0.3) is 0 Å². The third-order valence-electron chi connectivity index (χ3n) is 3.41. The number of aliphatic hydroxyl groups is 1. The molecular weight excluding hydrogens is 259 g/mol. The fourth-order valence-electron chi connectivity index (χ4n) is 2.24. The monoisotopic (exact) mass is 274 g/mol. The Hall–Kier alpha value is -0.250. The Kier molecular flexibility index (Phi) is 4.01. The van der Waals surface area contributed by atoms with Crippen molar-refractivity contribution in [2.45, 2.75) is 37.0 Å². The summed E-state index contributed by atoms with van der Waals surface area (Å²) in [6.45, 7) is 2.01. The first kappa shape index (κ1) is 13.2. The number of hydrogen-bond acceptors (Lipinski definition) is 2. The molecule has 1 aromatic rings. The summed E-state index contributed by atoms with van der Waals surface area (Å²) < 4.78 is 13.8. The van der Waals surface area contributed by atoms with E-state index >= 15 is 0 Å². The Balaban J connectivity index is 2.22. The first-order chi connectivity index (χ1) is 8.03. The van der Waals surface area contributed by atoms with E-state index in [0.29, 0.717) is 12.0 Å². The predicted octanol–water partition coefficient (Wildman–Crippen LogP) is 3.67. The van der Waals surface area contributed by atoms with Crippen molar-refractivity contribution < 1.29 is 9.50 Å². The lowest BCUT2D eigenvalue weighted by atomic mass is 9.87. The molecule has 0 radical (unpaired) electrons. The number of benzene rings is 1. The molecule has 1 nitrogen and oxygen atoms in total. The van der Waals surface area contributed by atoms with E-state index in [1.165, 1.54) is 6.07 Å². The van der Waals surface area contributed by atoms with Crippen LogP contribution in [0.5, 0.6) is 0 Å². The minimum atomic E-state index is -0.811. The van der Waals surface area contributed by atoms with Gasteiger partial charge in [0.05, 0.1) is 10.6 Å². The molecule has 0 amide bonds. The van der Waals surface area contributed by atoms with Crippen molar-refractivity contribution in [2.24, 2.45) is 0 Å². The van der Waals surface area contributed by atoms with Crippen LogP contribution in [0.1, 0.15) is 25.3 Å². The minimum absolute atomic E-state index is 0.127. The second-order valence-electron chi connectivity index (χ2n) is 4.61. The molecule has 1 heterocycles. The van der Waals surface area contributed by atoms with Crippen LogP contribution in [-0.2, 0) is 6.42 Å². The highest BCUT2D eigenvalue weighted by atomic mass is 35.5. The third kappa shape index (κ3) is 2.78. The van der Waals surface area contributed by atoms with Crippen LogP contribution >= 0.6 is 23.4 Å². The van der Waals surface area contributed by atoms with Gasteiger partial charge in [-0.15, -0.1) is 0 Å². The fraction of sp³-hybridized carbons (Fsp3) is 0.538. The van der Waals surface area contributed by atoms with E-state index in [1.807, 2.05) is 6.92 Å². The average Bonchev–Trinajstić information content (AvgIpc) is 2.29. The van der Waals surface area contributed by atoms with Crippen molar-refractivity contribution in [3.8, 4) is 0 Å². The van der Waals surface area contributed by atoms with Gasteiger partial charge in [-0.2, -0.15) is 11.8 Å². The summed E-state index contributed by atoms with van der Waals surface area (Å²) in [6.07, 6.45) is 2.05. The zero-order valence-corrected chi connectivity index (χ0v) is 11.3. The van der Waals surface area contributed by atoms with Crippen LogP contribution in [0, 0.1) is 5.82 Å². The van der Waals surface area contributed by atoms with E-state index in [9.17, 15) is 9.50 Å². The Morgan fingerprint density at radius 2 is 2.35 bits per heavy atom. The molecule has 0 spiro atoms. The van der Waals surface area contributed by atoms with E-state index in [2.05, 4.69) is 0 Å². The van der Waals surface area contributed by atoms with Crippen LogP contribution in [-0.4, -0.2) is 21.7 Å². The second kappa shape index (κ2) is 5.17. The van der Waals surface area contributed by atoms with Gasteiger partial charge in [-0.25, -0.2) is 4.39 Å². The Morgan fingerprint density at radius 1 is 1.59 bits per heavy atom. The molecule has 1 aliphatic heterocycles. The van der Waals surface area contributed by atoms with Gasteiger partial charge in [-0.1, -0.05) is 30.7 Å². The predicted molar refractivity (Wildman–Crippen MR) is 71.2 cm³/mol. The fourth-order valence-corrected chi connectivity index (χ4v) is 3.61. The van der Waals surface area contributed by atoms with Gasteiger partial charge in [-0.05, 0) is 30.2 Å². The molecule has 0 bridgehead atoms. The summed E-state index contributed by atoms with van der Waals surface area (Å²) in [7, 11) is 0. The standard InChI is InChI=1S/C13H16ClFOS/c1-9-13(16,6-3-7-17-9)8-10-4-2-5-11(14)12(10)15/h2,4-5,9,16H,3,6-8H2,1H3. The molecule has 2 unspecified atom stereocenters. The largest absolute Gasteiger partial charge is 0.388 e.